The van der Waals surface area contributed by atoms with Crippen molar-refractivity contribution in [3.05, 3.63) is 104 Å². The van der Waals surface area contributed by atoms with Crippen LogP contribution in [0.3, 0.4) is 0 Å². The van der Waals surface area contributed by atoms with E-state index in [0.29, 0.717) is 30.3 Å². The van der Waals surface area contributed by atoms with Crippen LogP contribution < -0.4 is 14.8 Å². The number of ether oxygens (including phenoxy) is 2. The van der Waals surface area contributed by atoms with Gasteiger partial charge in [-0.3, -0.25) is 4.79 Å². The molecule has 7 heteroatoms. The molecule has 5 rings (SSSR count). The lowest BCUT2D eigenvalue weighted by Gasteiger charge is -2.15. The van der Waals surface area contributed by atoms with Crippen molar-refractivity contribution in [2.24, 2.45) is 4.99 Å². The molecule has 0 aliphatic heterocycles. The highest BCUT2D eigenvalue weighted by Gasteiger charge is 2.24. The monoisotopic (exact) mass is 630 g/mol. The van der Waals surface area contributed by atoms with Crippen LogP contribution in [0.4, 0.5) is 10.7 Å². The van der Waals surface area contributed by atoms with Crippen LogP contribution in [0, 0.1) is 6.92 Å². The second-order valence-electron chi connectivity index (χ2n) is 10.2. The number of carbonyl (C=O) groups is 1. The summed E-state index contributed by atoms with van der Waals surface area (Å²) in [6.45, 7) is 4.97. The smallest absolute Gasteiger partial charge is 0.259 e. The van der Waals surface area contributed by atoms with E-state index >= 15 is 0 Å². The predicted octanol–water partition coefficient (Wildman–Crippen LogP) is 9.46. The molecule has 1 N–H and O–H groups in total. The molecular weight excluding hydrogens is 596 g/mol. The Labute approximate surface area is 254 Å². The third-order valence-corrected chi connectivity index (χ3v) is 8.87. The van der Waals surface area contributed by atoms with Crippen LogP contribution >= 0.6 is 27.3 Å². The number of benzene rings is 3. The Hall–Kier alpha value is -3.42. The van der Waals surface area contributed by atoms with E-state index in [0.717, 1.165) is 57.5 Å². The van der Waals surface area contributed by atoms with Crippen LogP contribution in [-0.2, 0) is 19.4 Å². The fraction of sp³-hybridized carbons (Fsp3) is 0.294. The molecular formula is C34H35BrN2O3S. The zero-order valence-electron chi connectivity index (χ0n) is 23.5. The first kappa shape index (κ1) is 29.1. The minimum Gasteiger partial charge on any atom is -0.490 e. The number of aryl methyl sites for hydroxylation is 2. The van der Waals surface area contributed by atoms with Crippen LogP contribution in [0.2, 0.25) is 0 Å². The number of nitrogens with zero attached hydrogens (tertiary/aromatic N) is 1. The summed E-state index contributed by atoms with van der Waals surface area (Å²) in [4.78, 5) is 19.8. The van der Waals surface area contributed by atoms with E-state index in [1.807, 2.05) is 55.6 Å². The van der Waals surface area contributed by atoms with E-state index in [2.05, 4.69) is 52.4 Å². The SMILES string of the molecule is CCOc1cc(C=Nc2sc3c(c2C(=O)Nc2ccccc2)CCCCCC3)cc(Br)c1OCc1ccc(C)cc1. The van der Waals surface area contributed by atoms with Crippen LogP contribution in [0.15, 0.2) is 76.2 Å². The summed E-state index contributed by atoms with van der Waals surface area (Å²) in [5.41, 5.74) is 5.81. The summed E-state index contributed by atoms with van der Waals surface area (Å²) >= 11 is 5.33. The van der Waals surface area contributed by atoms with Gasteiger partial charge in [-0.05, 0) is 96.4 Å². The lowest BCUT2D eigenvalue weighted by Crippen LogP contribution is -2.14. The van der Waals surface area contributed by atoms with Gasteiger partial charge in [-0.15, -0.1) is 11.3 Å². The third-order valence-electron chi connectivity index (χ3n) is 7.08. The van der Waals surface area contributed by atoms with Crippen molar-refractivity contribution in [1.82, 2.24) is 0 Å². The maximum atomic E-state index is 13.6. The summed E-state index contributed by atoms with van der Waals surface area (Å²) in [5.74, 6) is 1.21. The number of hydrogen-bond donors (Lipinski definition) is 1. The van der Waals surface area contributed by atoms with E-state index in [9.17, 15) is 4.79 Å². The number of aliphatic imine (C=N–C) groups is 1. The van der Waals surface area contributed by atoms with Crippen LogP contribution in [0.25, 0.3) is 0 Å². The average Bonchev–Trinajstić information content (AvgIpc) is 3.29. The van der Waals surface area contributed by atoms with Gasteiger partial charge in [0.25, 0.3) is 5.91 Å². The van der Waals surface area contributed by atoms with E-state index in [1.165, 1.54) is 23.3 Å². The summed E-state index contributed by atoms with van der Waals surface area (Å²) < 4.78 is 12.9. The minimum absolute atomic E-state index is 0.0996. The molecule has 212 valence electrons. The summed E-state index contributed by atoms with van der Waals surface area (Å²) in [6, 6.07) is 21.8. The van der Waals surface area contributed by atoms with E-state index in [4.69, 9.17) is 14.5 Å². The first-order valence-electron chi connectivity index (χ1n) is 14.2. The fourth-order valence-corrected chi connectivity index (χ4v) is 6.79. The average molecular weight is 632 g/mol. The van der Waals surface area contributed by atoms with Gasteiger partial charge < -0.3 is 14.8 Å². The molecule has 5 nitrogen and oxygen atoms in total. The lowest BCUT2D eigenvalue weighted by molar-refractivity contribution is 0.102. The number of hydrogen-bond acceptors (Lipinski definition) is 5. The third kappa shape index (κ3) is 7.46. The van der Waals surface area contributed by atoms with Gasteiger partial charge in [0.15, 0.2) is 11.5 Å². The lowest BCUT2D eigenvalue weighted by atomic mass is 9.96. The number of nitrogens with one attached hydrogen (secondary N) is 1. The maximum absolute atomic E-state index is 13.6. The maximum Gasteiger partial charge on any atom is 0.259 e. The van der Waals surface area contributed by atoms with Crippen LogP contribution in [0.1, 0.15) is 70.1 Å². The van der Waals surface area contributed by atoms with Gasteiger partial charge in [0, 0.05) is 16.8 Å². The van der Waals surface area contributed by atoms with Crippen molar-refractivity contribution in [1.29, 1.82) is 0 Å². The highest BCUT2D eigenvalue weighted by Crippen LogP contribution is 2.40. The van der Waals surface area contributed by atoms with Crippen LogP contribution in [0.5, 0.6) is 11.5 Å². The second kappa shape index (κ2) is 14.0. The molecule has 1 amide bonds. The van der Waals surface area contributed by atoms with Gasteiger partial charge in [0.05, 0.1) is 16.6 Å². The summed E-state index contributed by atoms with van der Waals surface area (Å²) in [5, 5.41) is 3.84. The number of halogens is 1. The number of carbonyl (C=O) groups excluding carboxylic acids is 1. The van der Waals surface area contributed by atoms with Crippen molar-refractivity contribution in [2.75, 3.05) is 11.9 Å². The molecule has 0 unspecified atom stereocenters. The van der Waals surface area contributed by atoms with Gasteiger partial charge in [-0.2, -0.15) is 0 Å². The quantitative estimate of drug-likeness (QED) is 0.187. The van der Waals surface area contributed by atoms with E-state index < -0.39 is 0 Å². The number of thiophene rings is 1. The largest absolute Gasteiger partial charge is 0.490 e. The number of rotatable bonds is 9. The molecule has 0 atom stereocenters. The molecule has 0 fully saturated rings. The molecule has 4 aromatic rings. The number of para-hydroxylation sites is 1. The van der Waals surface area contributed by atoms with Crippen LogP contribution in [-0.4, -0.2) is 18.7 Å². The molecule has 0 saturated heterocycles. The number of amides is 1. The Morgan fingerprint density at radius 3 is 2.51 bits per heavy atom. The Morgan fingerprint density at radius 2 is 1.76 bits per heavy atom. The molecule has 1 heterocycles. The fourth-order valence-electron chi connectivity index (χ4n) is 4.98. The standard InChI is InChI=1S/C34H35BrN2O3S/c1-3-39-29-20-25(19-28(35)32(29)40-22-24-17-15-23(2)16-18-24)21-36-34-31(33(38)37-26-11-7-6-8-12-26)27-13-9-4-5-10-14-30(27)41-34/h6-8,11-12,15-21H,3-5,9-10,13-14,22H2,1-2H3,(H,37,38). The first-order chi connectivity index (χ1) is 20.0. The number of fused-ring (bicyclic) bond motifs is 1. The van der Waals surface area contributed by atoms with Gasteiger partial charge in [-0.25, -0.2) is 4.99 Å². The van der Waals surface area contributed by atoms with Crippen molar-refractivity contribution in [3.8, 4) is 11.5 Å². The second-order valence-corrected chi connectivity index (χ2v) is 12.2. The molecule has 1 aromatic heterocycles. The Morgan fingerprint density at radius 1 is 1.00 bits per heavy atom. The van der Waals surface area contributed by atoms with Gasteiger partial charge in [0.2, 0.25) is 0 Å². The highest BCUT2D eigenvalue weighted by atomic mass is 79.9. The molecule has 0 saturated carbocycles. The molecule has 3 aromatic carbocycles. The molecule has 1 aliphatic rings. The highest BCUT2D eigenvalue weighted by molar-refractivity contribution is 9.10. The molecule has 0 bridgehead atoms. The van der Waals surface area contributed by atoms with Crippen molar-refractivity contribution >= 4 is 50.1 Å². The van der Waals surface area contributed by atoms with Gasteiger partial charge >= 0.3 is 0 Å². The number of anilines is 1. The Bertz CT molecular complexity index is 1510. The zero-order chi connectivity index (χ0) is 28.6. The summed E-state index contributed by atoms with van der Waals surface area (Å²) in [7, 11) is 0. The van der Waals surface area contributed by atoms with Gasteiger partial charge in [-0.1, -0.05) is 60.9 Å². The minimum atomic E-state index is -0.0996. The predicted molar refractivity (Wildman–Crippen MR) is 173 cm³/mol. The molecule has 0 radical (unpaired) electrons. The Kier molecular flexibility index (Phi) is 9.91. The van der Waals surface area contributed by atoms with Crippen molar-refractivity contribution in [3.63, 3.8) is 0 Å². The van der Waals surface area contributed by atoms with Crippen molar-refractivity contribution < 1.29 is 14.3 Å². The first-order valence-corrected chi connectivity index (χ1v) is 15.8. The zero-order valence-corrected chi connectivity index (χ0v) is 25.9. The van der Waals surface area contributed by atoms with E-state index in [-0.39, 0.29) is 5.91 Å². The molecule has 1 aliphatic carbocycles. The topological polar surface area (TPSA) is 59.9 Å². The van der Waals surface area contributed by atoms with Gasteiger partial charge in [0.1, 0.15) is 11.6 Å². The van der Waals surface area contributed by atoms with Crippen molar-refractivity contribution in [2.45, 2.75) is 59.0 Å². The summed E-state index contributed by atoms with van der Waals surface area (Å²) in [6.07, 6.45) is 8.38. The Balaban J connectivity index is 1.44. The normalized spacial score (nSPS) is 13.3. The molecule has 0 spiro atoms. The molecule has 41 heavy (non-hydrogen) atoms. The van der Waals surface area contributed by atoms with E-state index in [1.54, 1.807) is 11.3 Å².